The molecular weight excluding hydrogens is 384 g/mol. The van der Waals surface area contributed by atoms with Crippen LogP contribution in [0.25, 0.3) is 10.6 Å². The molecule has 0 bridgehead atoms. The number of thiophene rings is 1. The SMILES string of the molecule is CCOc1ccc(-c2nc(CSCC(=O)NCc3cccs3)cs2)cc1. The first-order chi connectivity index (χ1) is 12.7. The van der Waals surface area contributed by atoms with Crippen molar-refractivity contribution in [3.63, 3.8) is 0 Å². The number of benzene rings is 1. The van der Waals surface area contributed by atoms with E-state index in [9.17, 15) is 4.79 Å². The van der Waals surface area contributed by atoms with E-state index in [2.05, 4.69) is 15.7 Å². The van der Waals surface area contributed by atoms with E-state index in [0.717, 1.165) is 27.8 Å². The van der Waals surface area contributed by atoms with Gasteiger partial charge in [-0.2, -0.15) is 0 Å². The van der Waals surface area contributed by atoms with Crippen molar-refractivity contribution in [2.24, 2.45) is 0 Å². The molecule has 0 spiro atoms. The Hall–Kier alpha value is -1.83. The molecule has 0 aliphatic carbocycles. The smallest absolute Gasteiger partial charge is 0.230 e. The topological polar surface area (TPSA) is 51.2 Å². The van der Waals surface area contributed by atoms with Crippen LogP contribution in [-0.2, 0) is 17.1 Å². The summed E-state index contributed by atoms with van der Waals surface area (Å²) in [6.45, 7) is 3.25. The number of thioether (sulfide) groups is 1. The first-order valence-corrected chi connectivity index (χ1v) is 11.2. The number of amides is 1. The molecule has 7 heteroatoms. The van der Waals surface area contributed by atoms with E-state index in [1.54, 1.807) is 34.4 Å². The minimum atomic E-state index is 0.0605. The quantitative estimate of drug-likeness (QED) is 0.555. The number of rotatable bonds is 9. The van der Waals surface area contributed by atoms with Gasteiger partial charge in [-0.1, -0.05) is 6.07 Å². The van der Waals surface area contributed by atoms with Crippen molar-refractivity contribution in [3.05, 3.63) is 57.7 Å². The molecule has 2 heterocycles. The molecule has 3 aromatic rings. The van der Waals surface area contributed by atoms with E-state index in [4.69, 9.17) is 4.74 Å². The van der Waals surface area contributed by atoms with Gasteiger partial charge in [0.1, 0.15) is 10.8 Å². The Morgan fingerprint density at radius 1 is 1.23 bits per heavy atom. The van der Waals surface area contributed by atoms with Gasteiger partial charge < -0.3 is 10.1 Å². The molecule has 0 radical (unpaired) electrons. The summed E-state index contributed by atoms with van der Waals surface area (Å²) in [4.78, 5) is 17.7. The summed E-state index contributed by atoms with van der Waals surface area (Å²) in [5.74, 6) is 2.11. The van der Waals surface area contributed by atoms with Gasteiger partial charge in [0.2, 0.25) is 5.91 Å². The summed E-state index contributed by atoms with van der Waals surface area (Å²) in [7, 11) is 0. The summed E-state index contributed by atoms with van der Waals surface area (Å²) in [6, 6.07) is 12.0. The second-order valence-electron chi connectivity index (χ2n) is 5.45. The van der Waals surface area contributed by atoms with Crippen molar-refractivity contribution in [3.8, 4) is 16.3 Å². The molecule has 0 saturated carbocycles. The zero-order valence-corrected chi connectivity index (χ0v) is 16.9. The number of carbonyl (C=O) groups is 1. The van der Waals surface area contributed by atoms with Crippen LogP contribution < -0.4 is 10.1 Å². The molecule has 1 N–H and O–H groups in total. The fourth-order valence-electron chi connectivity index (χ4n) is 2.26. The van der Waals surface area contributed by atoms with Crippen LogP contribution in [0.1, 0.15) is 17.5 Å². The number of hydrogen-bond donors (Lipinski definition) is 1. The standard InChI is InChI=1S/C19H20N2O2S3/c1-2-23-16-7-5-14(6-8-16)19-21-15(12-26-19)11-24-13-18(22)20-10-17-4-3-9-25-17/h3-9,12H,2,10-11,13H2,1H3,(H,20,22). The molecular formula is C19H20N2O2S3. The highest BCUT2D eigenvalue weighted by molar-refractivity contribution is 7.99. The molecule has 26 heavy (non-hydrogen) atoms. The van der Waals surface area contributed by atoms with Crippen molar-refractivity contribution in [2.45, 2.75) is 19.2 Å². The third-order valence-corrected chi connectivity index (χ3v) is 6.27. The monoisotopic (exact) mass is 404 g/mol. The van der Waals surface area contributed by atoms with E-state index < -0.39 is 0 Å². The second-order valence-corrected chi connectivity index (χ2v) is 8.33. The van der Waals surface area contributed by atoms with Gasteiger partial charge in [0.05, 0.1) is 24.6 Å². The normalized spacial score (nSPS) is 10.7. The highest BCUT2D eigenvalue weighted by atomic mass is 32.2. The summed E-state index contributed by atoms with van der Waals surface area (Å²) in [5, 5.41) is 8.00. The lowest BCUT2D eigenvalue weighted by atomic mass is 10.2. The second kappa shape index (κ2) is 9.75. The lowest BCUT2D eigenvalue weighted by Crippen LogP contribution is -2.24. The number of carbonyl (C=O) groups excluding carboxylic acids is 1. The highest BCUT2D eigenvalue weighted by Gasteiger charge is 2.07. The maximum absolute atomic E-state index is 11.9. The van der Waals surface area contributed by atoms with E-state index in [1.807, 2.05) is 48.7 Å². The van der Waals surface area contributed by atoms with Gasteiger partial charge in [-0.25, -0.2) is 4.98 Å². The first-order valence-electron chi connectivity index (χ1n) is 8.29. The Bertz CT molecular complexity index is 814. The lowest BCUT2D eigenvalue weighted by molar-refractivity contribution is -0.118. The van der Waals surface area contributed by atoms with Crippen molar-refractivity contribution < 1.29 is 9.53 Å². The van der Waals surface area contributed by atoms with E-state index in [0.29, 0.717) is 18.9 Å². The Balaban J connectivity index is 1.44. The molecule has 0 saturated heterocycles. The Labute approximate surface area is 165 Å². The van der Waals surface area contributed by atoms with Crippen LogP contribution in [0.4, 0.5) is 0 Å². The summed E-state index contributed by atoms with van der Waals surface area (Å²) in [5.41, 5.74) is 2.10. The Morgan fingerprint density at radius 2 is 2.08 bits per heavy atom. The average Bonchev–Trinajstić information content (AvgIpc) is 3.33. The highest BCUT2D eigenvalue weighted by Crippen LogP contribution is 2.27. The third kappa shape index (κ3) is 5.59. The zero-order valence-electron chi connectivity index (χ0n) is 14.4. The van der Waals surface area contributed by atoms with Crippen LogP contribution >= 0.6 is 34.4 Å². The molecule has 2 aromatic heterocycles. The van der Waals surface area contributed by atoms with Crippen LogP contribution in [0, 0.1) is 0 Å². The minimum absolute atomic E-state index is 0.0605. The molecule has 0 aliphatic rings. The van der Waals surface area contributed by atoms with Crippen LogP contribution in [0.5, 0.6) is 5.75 Å². The van der Waals surface area contributed by atoms with Crippen molar-refractivity contribution in [1.29, 1.82) is 0 Å². The molecule has 1 aromatic carbocycles. The van der Waals surface area contributed by atoms with Crippen molar-refractivity contribution in [1.82, 2.24) is 10.3 Å². The van der Waals surface area contributed by atoms with Crippen LogP contribution in [0.2, 0.25) is 0 Å². The fourth-order valence-corrected chi connectivity index (χ4v) is 4.59. The summed E-state index contributed by atoms with van der Waals surface area (Å²) >= 11 is 4.86. The van der Waals surface area contributed by atoms with Gasteiger partial charge >= 0.3 is 0 Å². The maximum atomic E-state index is 11.9. The number of hydrogen-bond acceptors (Lipinski definition) is 6. The van der Waals surface area contributed by atoms with Crippen LogP contribution in [0.3, 0.4) is 0 Å². The van der Waals surface area contributed by atoms with Gasteiger partial charge in [0.25, 0.3) is 0 Å². The number of thiazole rings is 1. The molecule has 0 fully saturated rings. The molecule has 4 nitrogen and oxygen atoms in total. The van der Waals surface area contributed by atoms with Crippen LogP contribution in [-0.4, -0.2) is 23.3 Å². The number of aromatic nitrogens is 1. The van der Waals surface area contributed by atoms with Crippen molar-refractivity contribution in [2.75, 3.05) is 12.4 Å². The van der Waals surface area contributed by atoms with E-state index in [1.165, 1.54) is 4.88 Å². The minimum Gasteiger partial charge on any atom is -0.494 e. The molecule has 0 atom stereocenters. The number of ether oxygens (including phenoxy) is 1. The third-order valence-electron chi connectivity index (χ3n) is 3.49. The van der Waals surface area contributed by atoms with Gasteiger partial charge in [-0.15, -0.1) is 34.4 Å². The predicted molar refractivity (Wildman–Crippen MR) is 111 cm³/mol. The van der Waals surface area contributed by atoms with Gasteiger partial charge in [-0.05, 0) is 42.6 Å². The number of nitrogens with one attached hydrogen (secondary N) is 1. The fraction of sp³-hybridized carbons (Fsp3) is 0.263. The van der Waals surface area contributed by atoms with E-state index >= 15 is 0 Å². The molecule has 1 amide bonds. The molecule has 0 unspecified atom stereocenters. The molecule has 136 valence electrons. The maximum Gasteiger partial charge on any atom is 0.230 e. The molecule has 0 aliphatic heterocycles. The Morgan fingerprint density at radius 3 is 2.81 bits per heavy atom. The average molecular weight is 405 g/mol. The van der Waals surface area contributed by atoms with E-state index in [-0.39, 0.29) is 5.91 Å². The van der Waals surface area contributed by atoms with Gasteiger partial charge in [0.15, 0.2) is 0 Å². The Kier molecular flexibility index (Phi) is 7.11. The summed E-state index contributed by atoms with van der Waals surface area (Å²) < 4.78 is 5.46. The largest absolute Gasteiger partial charge is 0.494 e. The van der Waals surface area contributed by atoms with Crippen molar-refractivity contribution >= 4 is 40.3 Å². The van der Waals surface area contributed by atoms with Gasteiger partial charge in [-0.3, -0.25) is 4.79 Å². The lowest BCUT2D eigenvalue weighted by Gasteiger charge is -2.03. The summed E-state index contributed by atoms with van der Waals surface area (Å²) in [6.07, 6.45) is 0. The number of nitrogens with zero attached hydrogens (tertiary/aromatic N) is 1. The zero-order chi connectivity index (χ0) is 18.2. The predicted octanol–water partition coefficient (Wildman–Crippen LogP) is 4.82. The van der Waals surface area contributed by atoms with Crippen LogP contribution in [0.15, 0.2) is 47.2 Å². The first kappa shape index (κ1) is 18.9. The molecule has 3 rings (SSSR count). The van der Waals surface area contributed by atoms with Gasteiger partial charge in [0, 0.05) is 21.6 Å².